The molecule has 2 aromatic carbocycles. The number of hydrogen-bond donors (Lipinski definition) is 2. The van der Waals surface area contributed by atoms with E-state index in [1.54, 1.807) is 6.07 Å². The van der Waals surface area contributed by atoms with Crippen LogP contribution in [0.15, 0.2) is 30.3 Å². The summed E-state index contributed by atoms with van der Waals surface area (Å²) in [6.07, 6.45) is 1.75. The van der Waals surface area contributed by atoms with Crippen LogP contribution in [0.25, 0.3) is 0 Å². The average molecular weight is 563 g/mol. The largest absolute Gasteiger partial charge is 0.484 e. The lowest BCUT2D eigenvalue weighted by molar-refractivity contribution is -0.128. The van der Waals surface area contributed by atoms with Gasteiger partial charge in [-0.15, -0.1) is 0 Å². The molecule has 0 atom stereocenters. The maximum atomic E-state index is 12.1. The van der Waals surface area contributed by atoms with Crippen molar-refractivity contribution in [3.8, 4) is 5.75 Å². The lowest BCUT2D eigenvalue weighted by Crippen LogP contribution is -2.26. The van der Waals surface area contributed by atoms with Gasteiger partial charge in [0.1, 0.15) is 12.4 Å². The molecule has 0 spiro atoms. The molecule has 2 aromatic rings. The van der Waals surface area contributed by atoms with Crippen LogP contribution in [0.2, 0.25) is 10.0 Å². The third-order valence-electron chi connectivity index (χ3n) is 4.78. The van der Waals surface area contributed by atoms with Crippen molar-refractivity contribution in [1.82, 2.24) is 0 Å². The third-order valence-corrected chi connectivity index (χ3v) is 5.93. The standard InChI is InChI=1S/C23H29Cl2IN2O2/c1-23(2,3)21(29)14-30-20-7-4-15(12-19(20)25)13-28-22-17(9-11-27)16(8-10-26)5-6-18(22)24/h4-7,12,28H,8-11,13-14,27H2,1-3H3. The molecule has 0 saturated heterocycles. The molecular weight excluding hydrogens is 534 g/mol. The fraction of sp³-hybridized carbons (Fsp3) is 0.435. The Morgan fingerprint density at radius 2 is 1.87 bits per heavy atom. The summed E-state index contributed by atoms with van der Waals surface area (Å²) in [5.41, 5.74) is 9.76. The maximum absolute atomic E-state index is 12.1. The van der Waals surface area contributed by atoms with E-state index in [1.165, 1.54) is 11.1 Å². The Morgan fingerprint density at radius 1 is 1.13 bits per heavy atom. The Bertz CT molecular complexity index is 882. The van der Waals surface area contributed by atoms with Crippen LogP contribution in [-0.2, 0) is 24.2 Å². The van der Waals surface area contributed by atoms with E-state index in [0.29, 0.717) is 28.9 Å². The summed E-state index contributed by atoms with van der Waals surface area (Å²) in [5.74, 6) is 0.529. The van der Waals surface area contributed by atoms with Crippen molar-refractivity contribution < 1.29 is 9.53 Å². The number of Topliss-reactive ketones (excluding diaryl/α,β-unsaturated/α-hetero) is 1. The van der Waals surface area contributed by atoms with Crippen molar-refractivity contribution in [2.45, 2.75) is 40.2 Å². The monoisotopic (exact) mass is 562 g/mol. The Labute approximate surface area is 203 Å². The second-order valence-electron chi connectivity index (χ2n) is 8.12. The van der Waals surface area contributed by atoms with E-state index >= 15 is 0 Å². The van der Waals surface area contributed by atoms with E-state index in [2.05, 4.69) is 34.0 Å². The summed E-state index contributed by atoms with van der Waals surface area (Å²) in [7, 11) is 0. The highest BCUT2D eigenvalue weighted by Crippen LogP contribution is 2.32. The molecule has 0 aliphatic carbocycles. The second kappa shape index (κ2) is 11.6. The van der Waals surface area contributed by atoms with Gasteiger partial charge in [-0.25, -0.2) is 0 Å². The molecule has 7 heteroatoms. The number of alkyl halides is 1. The van der Waals surface area contributed by atoms with E-state index in [-0.39, 0.29) is 12.4 Å². The Balaban J connectivity index is 2.12. The molecule has 4 nitrogen and oxygen atoms in total. The summed E-state index contributed by atoms with van der Waals surface area (Å²) in [5, 5.41) is 4.61. The zero-order chi connectivity index (χ0) is 22.3. The Kier molecular flexibility index (Phi) is 9.72. The van der Waals surface area contributed by atoms with Crippen LogP contribution in [0, 0.1) is 5.41 Å². The first kappa shape index (κ1) is 25.2. The average Bonchev–Trinajstić information content (AvgIpc) is 2.68. The molecule has 0 saturated carbocycles. The summed E-state index contributed by atoms with van der Waals surface area (Å²) < 4.78 is 6.65. The number of nitrogens with one attached hydrogen (secondary N) is 1. The van der Waals surface area contributed by atoms with Gasteiger partial charge in [0, 0.05) is 16.4 Å². The molecule has 3 N–H and O–H groups in total. The maximum Gasteiger partial charge on any atom is 0.175 e. The van der Waals surface area contributed by atoms with Crippen LogP contribution in [0.4, 0.5) is 5.69 Å². The summed E-state index contributed by atoms with van der Waals surface area (Å²) >= 11 is 15.2. The highest BCUT2D eigenvalue weighted by Gasteiger charge is 2.22. The van der Waals surface area contributed by atoms with Crippen molar-refractivity contribution >= 4 is 57.3 Å². The molecule has 0 aliphatic rings. The molecule has 2 rings (SSSR count). The lowest BCUT2D eigenvalue weighted by atomic mass is 9.91. The van der Waals surface area contributed by atoms with Crippen molar-refractivity contribution in [3.63, 3.8) is 0 Å². The van der Waals surface area contributed by atoms with Crippen LogP contribution in [0.1, 0.15) is 37.5 Å². The Morgan fingerprint density at radius 3 is 2.47 bits per heavy atom. The number of aryl methyl sites for hydroxylation is 1. The number of halogens is 3. The molecular formula is C23H29Cl2IN2O2. The minimum atomic E-state index is -0.442. The highest BCUT2D eigenvalue weighted by atomic mass is 127. The van der Waals surface area contributed by atoms with Crippen LogP contribution < -0.4 is 15.8 Å². The fourth-order valence-corrected chi connectivity index (χ4v) is 4.02. The van der Waals surface area contributed by atoms with Crippen molar-refractivity contribution in [2.24, 2.45) is 11.1 Å². The number of hydrogen-bond acceptors (Lipinski definition) is 4. The van der Waals surface area contributed by atoms with Gasteiger partial charge in [-0.2, -0.15) is 0 Å². The van der Waals surface area contributed by atoms with Gasteiger partial charge in [0.25, 0.3) is 0 Å². The number of ether oxygens (including phenoxy) is 1. The lowest BCUT2D eigenvalue weighted by Gasteiger charge is -2.18. The van der Waals surface area contributed by atoms with Gasteiger partial charge in [0.05, 0.1) is 15.7 Å². The number of carbonyl (C=O) groups excluding carboxylic acids is 1. The van der Waals surface area contributed by atoms with Crippen molar-refractivity contribution in [1.29, 1.82) is 0 Å². The van der Waals surface area contributed by atoms with E-state index in [4.69, 9.17) is 33.7 Å². The molecule has 0 aliphatic heterocycles. The Hall–Kier alpha value is -1.02. The number of benzene rings is 2. The molecule has 0 radical (unpaired) electrons. The minimum absolute atomic E-state index is 0.00246. The van der Waals surface area contributed by atoms with Crippen molar-refractivity contribution in [2.75, 3.05) is 22.9 Å². The quantitative estimate of drug-likeness (QED) is 0.272. The molecule has 0 heterocycles. The first-order valence-electron chi connectivity index (χ1n) is 9.92. The molecule has 0 unspecified atom stereocenters. The molecule has 0 amide bonds. The predicted octanol–water partition coefficient (Wildman–Crippen LogP) is 6.08. The number of nitrogens with two attached hydrogens (primary N) is 1. The molecule has 0 bridgehead atoms. The number of carbonyl (C=O) groups is 1. The molecule has 30 heavy (non-hydrogen) atoms. The van der Waals surface area contributed by atoms with Gasteiger partial charge in [-0.1, -0.05) is 78.7 Å². The van der Waals surface area contributed by atoms with Crippen LogP contribution in [-0.4, -0.2) is 23.4 Å². The van der Waals surface area contributed by atoms with Gasteiger partial charge in [-0.05, 0) is 54.3 Å². The van der Waals surface area contributed by atoms with Gasteiger partial charge in [-0.3, -0.25) is 4.79 Å². The second-order valence-corrected chi connectivity index (χ2v) is 10.0. The first-order valence-corrected chi connectivity index (χ1v) is 12.2. The first-order chi connectivity index (χ1) is 14.2. The predicted molar refractivity (Wildman–Crippen MR) is 136 cm³/mol. The van der Waals surface area contributed by atoms with E-state index < -0.39 is 5.41 Å². The number of anilines is 1. The van der Waals surface area contributed by atoms with Crippen molar-refractivity contribution in [3.05, 3.63) is 57.1 Å². The van der Waals surface area contributed by atoms with Crippen LogP contribution in [0.3, 0.4) is 0 Å². The van der Waals surface area contributed by atoms with Gasteiger partial charge in [0.15, 0.2) is 5.78 Å². The van der Waals surface area contributed by atoms with Crippen LogP contribution >= 0.6 is 45.8 Å². The van der Waals surface area contributed by atoms with Gasteiger partial charge in [0.2, 0.25) is 0 Å². The SMILES string of the molecule is CC(C)(C)C(=O)COc1ccc(CNc2c(Cl)ccc(CCI)c2CCN)cc1Cl. The normalized spacial score (nSPS) is 11.4. The fourth-order valence-electron chi connectivity index (χ4n) is 2.94. The summed E-state index contributed by atoms with van der Waals surface area (Å²) in [6.45, 7) is 6.74. The van der Waals surface area contributed by atoms with E-state index in [0.717, 1.165) is 28.5 Å². The van der Waals surface area contributed by atoms with Gasteiger partial charge < -0.3 is 15.8 Å². The van der Waals surface area contributed by atoms with E-state index in [9.17, 15) is 4.79 Å². The zero-order valence-corrected chi connectivity index (χ0v) is 21.3. The number of rotatable bonds is 10. The van der Waals surface area contributed by atoms with E-state index in [1.807, 2.05) is 39.0 Å². The molecule has 0 fully saturated rings. The third kappa shape index (κ3) is 7.01. The smallest absolute Gasteiger partial charge is 0.175 e. The highest BCUT2D eigenvalue weighted by molar-refractivity contribution is 14.1. The summed E-state index contributed by atoms with van der Waals surface area (Å²) in [4.78, 5) is 12.1. The zero-order valence-electron chi connectivity index (χ0n) is 17.7. The van der Waals surface area contributed by atoms with Crippen LogP contribution in [0.5, 0.6) is 5.75 Å². The molecule has 0 aromatic heterocycles. The number of ketones is 1. The minimum Gasteiger partial charge on any atom is -0.484 e. The topological polar surface area (TPSA) is 64.3 Å². The summed E-state index contributed by atoms with van der Waals surface area (Å²) in [6, 6.07) is 9.59. The van der Waals surface area contributed by atoms with Gasteiger partial charge >= 0.3 is 0 Å². The molecule has 164 valence electrons.